The van der Waals surface area contributed by atoms with E-state index in [4.69, 9.17) is 9.84 Å². The van der Waals surface area contributed by atoms with Gasteiger partial charge in [-0.05, 0) is 13.3 Å². The first-order chi connectivity index (χ1) is 9.93. The van der Waals surface area contributed by atoms with Crippen molar-refractivity contribution in [2.24, 2.45) is 0 Å². The van der Waals surface area contributed by atoms with Crippen molar-refractivity contribution in [3.05, 3.63) is 16.6 Å². The first-order valence-corrected chi connectivity index (χ1v) is 7.62. The lowest BCUT2D eigenvalue weighted by Gasteiger charge is -2.47. The molecule has 1 saturated heterocycles. The molecule has 2 heterocycles. The highest BCUT2D eigenvalue weighted by atomic mass is 32.1. The average Bonchev–Trinajstić information content (AvgIpc) is 2.93. The Morgan fingerprint density at radius 1 is 1.62 bits per heavy atom. The van der Waals surface area contributed by atoms with E-state index in [0.717, 1.165) is 11.4 Å². The van der Waals surface area contributed by atoms with Gasteiger partial charge in [0.15, 0.2) is 0 Å². The minimum atomic E-state index is -1.01. The monoisotopic (exact) mass is 313 g/mol. The van der Waals surface area contributed by atoms with Gasteiger partial charge in [-0.25, -0.2) is 14.6 Å². The van der Waals surface area contributed by atoms with Gasteiger partial charge in [0.2, 0.25) is 0 Å². The van der Waals surface area contributed by atoms with Crippen LogP contribution in [-0.4, -0.2) is 52.3 Å². The standard InChI is InChI=1S/C13H19N3O4S/c1-3-9(11-14-4-5-21-11)15-12(19)16-7-13(2,8-16)20-6-10(17)18/h4-5,9H,3,6-8H2,1-2H3,(H,15,19)(H,17,18). The minimum absolute atomic E-state index is 0.0932. The Morgan fingerprint density at radius 2 is 2.33 bits per heavy atom. The smallest absolute Gasteiger partial charge is 0.329 e. The van der Waals surface area contributed by atoms with E-state index >= 15 is 0 Å². The molecule has 0 saturated carbocycles. The maximum atomic E-state index is 12.1. The molecule has 1 unspecified atom stereocenters. The Kier molecular flexibility index (Phi) is 4.79. The molecule has 2 rings (SSSR count). The number of hydrogen-bond acceptors (Lipinski definition) is 5. The molecular formula is C13H19N3O4S. The lowest BCUT2D eigenvalue weighted by atomic mass is 9.97. The molecule has 0 bridgehead atoms. The second-order valence-electron chi connectivity index (χ2n) is 5.27. The highest BCUT2D eigenvalue weighted by Crippen LogP contribution is 2.26. The van der Waals surface area contributed by atoms with Gasteiger partial charge in [-0.1, -0.05) is 6.92 Å². The zero-order valence-electron chi connectivity index (χ0n) is 12.0. The molecule has 2 amide bonds. The van der Waals surface area contributed by atoms with Crippen LogP contribution in [-0.2, 0) is 9.53 Å². The molecule has 0 aliphatic carbocycles. The van der Waals surface area contributed by atoms with Crippen molar-refractivity contribution in [2.45, 2.75) is 31.9 Å². The molecule has 1 aromatic rings. The summed E-state index contributed by atoms with van der Waals surface area (Å²) in [6, 6.07) is -0.266. The molecule has 8 heteroatoms. The van der Waals surface area contributed by atoms with Crippen molar-refractivity contribution in [2.75, 3.05) is 19.7 Å². The first-order valence-electron chi connectivity index (χ1n) is 6.74. The van der Waals surface area contributed by atoms with E-state index in [2.05, 4.69) is 10.3 Å². The van der Waals surface area contributed by atoms with Gasteiger partial charge in [0.25, 0.3) is 0 Å². The van der Waals surface area contributed by atoms with Crippen LogP contribution in [0.5, 0.6) is 0 Å². The number of aliphatic carboxylic acids is 1. The number of carbonyl (C=O) groups is 2. The molecule has 7 nitrogen and oxygen atoms in total. The van der Waals surface area contributed by atoms with Gasteiger partial charge >= 0.3 is 12.0 Å². The number of aromatic nitrogens is 1. The van der Waals surface area contributed by atoms with Crippen molar-refractivity contribution in [1.82, 2.24) is 15.2 Å². The zero-order valence-corrected chi connectivity index (χ0v) is 12.9. The quantitative estimate of drug-likeness (QED) is 0.830. The summed E-state index contributed by atoms with van der Waals surface area (Å²) in [5, 5.41) is 14.3. The average molecular weight is 313 g/mol. The highest BCUT2D eigenvalue weighted by molar-refractivity contribution is 7.09. The summed E-state index contributed by atoms with van der Waals surface area (Å²) in [4.78, 5) is 28.5. The van der Waals surface area contributed by atoms with Crippen molar-refractivity contribution in [3.63, 3.8) is 0 Å². The number of rotatable bonds is 6. The molecule has 1 aromatic heterocycles. The van der Waals surface area contributed by atoms with Crippen LogP contribution < -0.4 is 5.32 Å². The van der Waals surface area contributed by atoms with Crippen molar-refractivity contribution >= 4 is 23.3 Å². The molecular weight excluding hydrogens is 294 g/mol. The number of hydrogen-bond donors (Lipinski definition) is 2. The number of amides is 2. The van der Waals surface area contributed by atoms with Crippen LogP contribution in [0, 0.1) is 0 Å². The number of nitrogens with zero attached hydrogens (tertiary/aromatic N) is 2. The summed E-state index contributed by atoms with van der Waals surface area (Å²) >= 11 is 1.51. The van der Waals surface area contributed by atoms with Gasteiger partial charge in [0.05, 0.1) is 19.1 Å². The Bertz CT molecular complexity index is 500. The molecule has 1 aliphatic heterocycles. The summed E-state index contributed by atoms with van der Waals surface area (Å²) in [6.45, 7) is 4.23. The van der Waals surface area contributed by atoms with E-state index in [1.807, 2.05) is 12.3 Å². The maximum absolute atomic E-state index is 12.1. The Hall–Kier alpha value is -1.67. The number of carboxylic acids is 1. The fourth-order valence-electron chi connectivity index (χ4n) is 2.22. The maximum Gasteiger partial charge on any atom is 0.329 e. The summed E-state index contributed by atoms with van der Waals surface area (Å²) in [5.74, 6) is -1.01. The van der Waals surface area contributed by atoms with Crippen LogP contribution in [0.3, 0.4) is 0 Å². The number of urea groups is 1. The SMILES string of the molecule is CCC(NC(=O)N1CC(C)(OCC(=O)O)C1)c1nccs1. The third kappa shape index (κ3) is 3.92. The van der Waals surface area contributed by atoms with Crippen molar-refractivity contribution < 1.29 is 19.4 Å². The van der Waals surface area contributed by atoms with E-state index in [9.17, 15) is 9.59 Å². The third-order valence-corrected chi connectivity index (χ3v) is 4.23. The fourth-order valence-corrected chi connectivity index (χ4v) is 2.99. The van der Waals surface area contributed by atoms with Gasteiger partial charge in [-0.15, -0.1) is 11.3 Å². The van der Waals surface area contributed by atoms with Crippen molar-refractivity contribution in [3.8, 4) is 0 Å². The Balaban J connectivity index is 1.82. The number of ether oxygens (including phenoxy) is 1. The van der Waals surface area contributed by atoms with Gasteiger partial charge in [-0.2, -0.15) is 0 Å². The van der Waals surface area contributed by atoms with Crippen molar-refractivity contribution in [1.29, 1.82) is 0 Å². The molecule has 1 atom stereocenters. The summed E-state index contributed by atoms with van der Waals surface area (Å²) in [6.07, 6.45) is 2.48. The minimum Gasteiger partial charge on any atom is -0.480 e. The van der Waals surface area contributed by atoms with Gasteiger partial charge in [-0.3, -0.25) is 0 Å². The van der Waals surface area contributed by atoms with E-state index in [-0.39, 0.29) is 18.7 Å². The van der Waals surface area contributed by atoms with Crippen LogP contribution in [0.1, 0.15) is 31.3 Å². The number of thiazole rings is 1. The summed E-state index contributed by atoms with van der Waals surface area (Å²) in [5.41, 5.74) is -0.571. The molecule has 2 N–H and O–H groups in total. The summed E-state index contributed by atoms with van der Waals surface area (Å²) in [7, 11) is 0. The van der Waals surface area contributed by atoms with Crippen LogP contribution in [0.4, 0.5) is 4.79 Å². The second-order valence-corrected chi connectivity index (χ2v) is 6.20. The second kappa shape index (κ2) is 6.40. The molecule has 0 radical (unpaired) electrons. The molecule has 116 valence electrons. The van der Waals surface area contributed by atoms with Crippen LogP contribution in [0.2, 0.25) is 0 Å². The Labute approximate surface area is 126 Å². The predicted octanol–water partition coefficient (Wildman–Crippen LogP) is 1.48. The third-order valence-electron chi connectivity index (χ3n) is 3.34. The van der Waals surface area contributed by atoms with Crippen LogP contribution in [0.15, 0.2) is 11.6 Å². The van der Waals surface area contributed by atoms with E-state index in [1.54, 1.807) is 18.0 Å². The van der Waals surface area contributed by atoms with E-state index in [0.29, 0.717) is 13.1 Å². The van der Waals surface area contributed by atoms with Gasteiger partial charge in [0.1, 0.15) is 17.2 Å². The number of likely N-dealkylation sites (tertiary alicyclic amines) is 1. The lowest BCUT2D eigenvalue weighted by Crippen LogP contribution is -2.65. The van der Waals surface area contributed by atoms with Gasteiger partial charge in [0, 0.05) is 11.6 Å². The Morgan fingerprint density at radius 3 is 2.86 bits per heavy atom. The molecule has 1 fully saturated rings. The highest BCUT2D eigenvalue weighted by Gasteiger charge is 2.43. The number of carbonyl (C=O) groups excluding carboxylic acids is 1. The largest absolute Gasteiger partial charge is 0.480 e. The topological polar surface area (TPSA) is 91.8 Å². The number of nitrogens with one attached hydrogen (secondary N) is 1. The van der Waals surface area contributed by atoms with E-state index in [1.165, 1.54) is 11.3 Å². The molecule has 0 spiro atoms. The zero-order chi connectivity index (χ0) is 15.5. The first kappa shape index (κ1) is 15.7. The summed E-state index contributed by atoms with van der Waals surface area (Å²) < 4.78 is 5.28. The van der Waals surface area contributed by atoms with E-state index < -0.39 is 11.6 Å². The fraction of sp³-hybridized carbons (Fsp3) is 0.615. The van der Waals surface area contributed by atoms with Crippen LogP contribution in [0.25, 0.3) is 0 Å². The molecule has 21 heavy (non-hydrogen) atoms. The number of carboxylic acid groups (broad SMARTS) is 1. The normalized spacial score (nSPS) is 17.9. The van der Waals surface area contributed by atoms with Crippen LogP contribution >= 0.6 is 11.3 Å². The molecule has 1 aliphatic rings. The lowest BCUT2D eigenvalue weighted by molar-refractivity contribution is -0.159. The predicted molar refractivity (Wildman–Crippen MR) is 77.2 cm³/mol. The van der Waals surface area contributed by atoms with Gasteiger partial charge < -0.3 is 20.1 Å². The molecule has 0 aromatic carbocycles.